The van der Waals surface area contributed by atoms with Crippen LogP contribution in [0.25, 0.3) is 0 Å². The molecular formula is C13H22N2O3S. The first-order valence-electron chi connectivity index (χ1n) is 6.29. The Morgan fingerprint density at radius 2 is 2.26 bits per heavy atom. The summed E-state index contributed by atoms with van der Waals surface area (Å²) >= 11 is 1.69. The van der Waals surface area contributed by atoms with E-state index in [0.29, 0.717) is 31.0 Å². The van der Waals surface area contributed by atoms with E-state index in [1.54, 1.807) is 24.8 Å². The van der Waals surface area contributed by atoms with Gasteiger partial charge in [-0.2, -0.15) is 11.8 Å². The molecule has 6 heteroatoms. The maximum atomic E-state index is 11.9. The number of nitrogens with two attached hydrogens (primary N) is 1. The van der Waals surface area contributed by atoms with Crippen molar-refractivity contribution in [3.05, 3.63) is 23.2 Å². The summed E-state index contributed by atoms with van der Waals surface area (Å²) in [6.45, 7) is 3.38. The van der Waals surface area contributed by atoms with Crippen LogP contribution in [0, 0.1) is 0 Å². The van der Waals surface area contributed by atoms with E-state index in [1.807, 2.05) is 19.0 Å². The van der Waals surface area contributed by atoms with Gasteiger partial charge in [0.25, 0.3) is 0 Å². The molecule has 108 valence electrons. The molecule has 0 unspecified atom stereocenters. The van der Waals surface area contributed by atoms with E-state index in [4.69, 9.17) is 14.9 Å². The molecule has 1 aromatic rings. The maximum absolute atomic E-state index is 11.9. The summed E-state index contributed by atoms with van der Waals surface area (Å²) in [6.07, 6.45) is 0. The average Bonchev–Trinajstić information content (AvgIpc) is 2.72. The number of furan rings is 1. The van der Waals surface area contributed by atoms with Crippen LogP contribution in [0.15, 0.2) is 10.5 Å². The van der Waals surface area contributed by atoms with Crippen LogP contribution in [0.1, 0.15) is 28.8 Å². The van der Waals surface area contributed by atoms with Crippen LogP contribution in [0.5, 0.6) is 0 Å². The molecule has 0 atom stereocenters. The minimum Gasteiger partial charge on any atom is -0.463 e. The number of esters is 1. The van der Waals surface area contributed by atoms with E-state index in [0.717, 1.165) is 17.3 Å². The van der Waals surface area contributed by atoms with Crippen LogP contribution in [0.3, 0.4) is 0 Å². The number of rotatable bonds is 8. The van der Waals surface area contributed by atoms with Crippen molar-refractivity contribution in [3.63, 3.8) is 0 Å². The molecule has 2 N–H and O–H groups in total. The third-order valence-electron chi connectivity index (χ3n) is 2.32. The predicted octanol–water partition coefficient (Wildman–Crippen LogP) is 1.71. The van der Waals surface area contributed by atoms with Gasteiger partial charge in [0, 0.05) is 12.3 Å². The van der Waals surface area contributed by atoms with Gasteiger partial charge in [-0.1, -0.05) is 0 Å². The van der Waals surface area contributed by atoms with Crippen LogP contribution in [0.2, 0.25) is 0 Å². The van der Waals surface area contributed by atoms with Crippen LogP contribution in [-0.2, 0) is 17.0 Å². The van der Waals surface area contributed by atoms with Gasteiger partial charge in [-0.05, 0) is 27.1 Å². The van der Waals surface area contributed by atoms with Gasteiger partial charge in [0.1, 0.15) is 17.1 Å². The molecule has 0 fully saturated rings. The fourth-order valence-corrected chi connectivity index (χ4v) is 2.25. The molecule has 0 amide bonds. The third kappa shape index (κ3) is 5.26. The Bertz CT molecular complexity index is 405. The summed E-state index contributed by atoms with van der Waals surface area (Å²) in [5.74, 6) is 2.72. The Balaban J connectivity index is 2.82. The first-order valence-corrected chi connectivity index (χ1v) is 7.45. The molecule has 0 saturated heterocycles. The molecule has 1 heterocycles. The lowest BCUT2D eigenvalue weighted by Crippen LogP contribution is -2.14. The lowest BCUT2D eigenvalue weighted by Gasteiger charge is -2.08. The highest BCUT2D eigenvalue weighted by molar-refractivity contribution is 7.98. The van der Waals surface area contributed by atoms with E-state index >= 15 is 0 Å². The van der Waals surface area contributed by atoms with Crippen molar-refractivity contribution in [2.75, 3.05) is 33.0 Å². The van der Waals surface area contributed by atoms with Gasteiger partial charge in [0.05, 0.1) is 18.9 Å². The van der Waals surface area contributed by atoms with Gasteiger partial charge in [0.15, 0.2) is 0 Å². The number of ether oxygens (including phenoxy) is 1. The highest BCUT2D eigenvalue weighted by Crippen LogP contribution is 2.21. The van der Waals surface area contributed by atoms with E-state index < -0.39 is 0 Å². The van der Waals surface area contributed by atoms with Crippen molar-refractivity contribution >= 4 is 17.7 Å². The van der Waals surface area contributed by atoms with Gasteiger partial charge in [-0.25, -0.2) is 4.79 Å². The van der Waals surface area contributed by atoms with Gasteiger partial charge in [-0.15, -0.1) is 0 Å². The van der Waals surface area contributed by atoms with Gasteiger partial charge in [-0.3, -0.25) is 0 Å². The summed E-state index contributed by atoms with van der Waals surface area (Å²) in [5, 5.41) is 0. The van der Waals surface area contributed by atoms with E-state index in [2.05, 4.69) is 0 Å². The van der Waals surface area contributed by atoms with Gasteiger partial charge in [0.2, 0.25) is 0 Å². The molecule has 5 nitrogen and oxygen atoms in total. The Morgan fingerprint density at radius 3 is 2.84 bits per heavy atom. The zero-order chi connectivity index (χ0) is 14.3. The van der Waals surface area contributed by atoms with Crippen LogP contribution >= 0.6 is 11.8 Å². The molecule has 0 aliphatic rings. The maximum Gasteiger partial charge on any atom is 0.341 e. The highest BCUT2D eigenvalue weighted by Gasteiger charge is 2.19. The number of carbonyl (C=O) groups is 1. The fraction of sp³-hybridized carbons (Fsp3) is 0.615. The topological polar surface area (TPSA) is 68.7 Å². The SMILES string of the molecule is CCOC(=O)c1cc(CSCCN)oc1CN(C)C. The second kappa shape index (κ2) is 8.24. The second-order valence-electron chi connectivity index (χ2n) is 4.35. The van der Waals surface area contributed by atoms with Crippen molar-refractivity contribution in [1.29, 1.82) is 0 Å². The zero-order valence-electron chi connectivity index (χ0n) is 11.8. The summed E-state index contributed by atoms with van der Waals surface area (Å²) < 4.78 is 10.8. The van der Waals surface area contributed by atoms with E-state index in [-0.39, 0.29) is 5.97 Å². The molecule has 0 spiro atoms. The Kier molecular flexibility index (Phi) is 6.97. The normalized spacial score (nSPS) is 11.0. The average molecular weight is 286 g/mol. The standard InChI is InChI=1S/C13H22N2O3S/c1-4-17-13(16)11-7-10(9-19-6-5-14)18-12(11)8-15(2)3/h7H,4-6,8-9,14H2,1-3H3. The number of thioether (sulfide) groups is 1. The monoisotopic (exact) mass is 286 g/mol. The smallest absolute Gasteiger partial charge is 0.341 e. The number of hydrogen-bond acceptors (Lipinski definition) is 6. The molecule has 0 aliphatic carbocycles. The molecule has 0 aliphatic heterocycles. The number of carbonyl (C=O) groups excluding carboxylic acids is 1. The quantitative estimate of drug-likeness (QED) is 0.579. The van der Waals surface area contributed by atoms with Crippen LogP contribution < -0.4 is 5.73 Å². The van der Waals surface area contributed by atoms with E-state index in [1.165, 1.54) is 0 Å². The lowest BCUT2D eigenvalue weighted by atomic mass is 10.2. The van der Waals surface area contributed by atoms with E-state index in [9.17, 15) is 4.79 Å². The zero-order valence-corrected chi connectivity index (χ0v) is 12.6. The van der Waals surface area contributed by atoms with Gasteiger partial charge < -0.3 is 19.8 Å². The van der Waals surface area contributed by atoms with Crippen molar-refractivity contribution < 1.29 is 13.9 Å². The predicted molar refractivity (Wildman–Crippen MR) is 77.3 cm³/mol. The minimum atomic E-state index is -0.321. The van der Waals surface area contributed by atoms with Crippen molar-refractivity contribution in [1.82, 2.24) is 4.90 Å². The molecule has 1 aromatic heterocycles. The highest BCUT2D eigenvalue weighted by atomic mass is 32.2. The molecule has 0 radical (unpaired) electrons. The fourth-order valence-electron chi connectivity index (χ4n) is 1.60. The largest absolute Gasteiger partial charge is 0.463 e. The molecule has 0 bridgehead atoms. The summed E-state index contributed by atoms with van der Waals surface area (Å²) in [6, 6.07) is 1.78. The molecule has 0 saturated carbocycles. The number of nitrogens with zero attached hydrogens (tertiary/aromatic N) is 1. The van der Waals surface area contributed by atoms with Gasteiger partial charge >= 0.3 is 5.97 Å². The number of hydrogen-bond donors (Lipinski definition) is 1. The van der Waals surface area contributed by atoms with Crippen LogP contribution in [-0.4, -0.2) is 43.9 Å². The van der Waals surface area contributed by atoms with Crippen LogP contribution in [0.4, 0.5) is 0 Å². The summed E-state index contributed by atoms with van der Waals surface area (Å²) in [5.41, 5.74) is 5.98. The Labute approximate surface area is 118 Å². The van der Waals surface area contributed by atoms with Crippen molar-refractivity contribution in [2.45, 2.75) is 19.2 Å². The van der Waals surface area contributed by atoms with Crippen molar-refractivity contribution in [2.24, 2.45) is 5.73 Å². The summed E-state index contributed by atoms with van der Waals surface area (Å²) in [4.78, 5) is 13.8. The minimum absolute atomic E-state index is 0.321. The third-order valence-corrected chi connectivity index (χ3v) is 3.33. The first kappa shape index (κ1) is 16.1. The second-order valence-corrected chi connectivity index (χ2v) is 5.45. The van der Waals surface area contributed by atoms with Crippen molar-refractivity contribution in [3.8, 4) is 0 Å². The molecule has 0 aromatic carbocycles. The molecular weight excluding hydrogens is 264 g/mol. The first-order chi connectivity index (χ1) is 9.08. The lowest BCUT2D eigenvalue weighted by molar-refractivity contribution is 0.0522. The Morgan fingerprint density at radius 1 is 1.53 bits per heavy atom. The molecule has 19 heavy (non-hydrogen) atoms. The molecule has 1 rings (SSSR count). The Hall–Kier alpha value is -0.980. The summed E-state index contributed by atoms with van der Waals surface area (Å²) in [7, 11) is 3.86.